The van der Waals surface area contributed by atoms with E-state index in [1.54, 1.807) is 12.1 Å². The van der Waals surface area contributed by atoms with Crippen LogP contribution in [0.25, 0.3) is 22.7 Å². The fraction of sp³-hybridized carbons (Fsp3) is 0.0625. The van der Waals surface area contributed by atoms with E-state index >= 15 is 0 Å². The van der Waals surface area contributed by atoms with Crippen LogP contribution in [0.4, 0.5) is 4.39 Å². The smallest absolute Gasteiger partial charge is 0.226 e. The Morgan fingerprint density at radius 1 is 0.895 bits per heavy atom. The van der Waals surface area contributed by atoms with Gasteiger partial charge in [-0.25, -0.2) is 9.37 Å². The molecule has 0 amide bonds. The van der Waals surface area contributed by atoms with Gasteiger partial charge in [-0.3, -0.25) is 0 Å². The number of benzene rings is 2. The van der Waals surface area contributed by atoms with Crippen molar-refractivity contribution < 1.29 is 8.81 Å². The third-order valence-corrected chi connectivity index (χ3v) is 2.93. The summed E-state index contributed by atoms with van der Waals surface area (Å²) in [5.74, 6) is 1.05. The van der Waals surface area contributed by atoms with Crippen molar-refractivity contribution in [3.05, 3.63) is 66.2 Å². The maximum atomic E-state index is 12.9. The second-order valence-corrected chi connectivity index (χ2v) is 4.30. The van der Waals surface area contributed by atoms with E-state index in [0.29, 0.717) is 5.89 Å². The molecule has 3 heteroatoms. The lowest BCUT2D eigenvalue weighted by atomic mass is 10.1. The molecular formula is C16H12FNO. The molecule has 94 valence electrons. The van der Waals surface area contributed by atoms with E-state index < -0.39 is 0 Å². The highest BCUT2D eigenvalue weighted by molar-refractivity contribution is 5.65. The van der Waals surface area contributed by atoms with Crippen molar-refractivity contribution in [2.75, 3.05) is 0 Å². The highest BCUT2D eigenvalue weighted by Crippen LogP contribution is 2.28. The molecule has 0 radical (unpaired) electrons. The van der Waals surface area contributed by atoms with Crippen molar-refractivity contribution >= 4 is 0 Å². The number of halogens is 1. The van der Waals surface area contributed by atoms with Crippen molar-refractivity contribution in [2.24, 2.45) is 0 Å². The average Bonchev–Trinajstić information content (AvgIpc) is 2.83. The maximum absolute atomic E-state index is 12.9. The fourth-order valence-electron chi connectivity index (χ4n) is 1.98. The zero-order valence-corrected chi connectivity index (χ0v) is 10.4. The molecule has 0 atom stereocenters. The monoisotopic (exact) mass is 253 g/mol. The van der Waals surface area contributed by atoms with Crippen molar-refractivity contribution in [1.29, 1.82) is 0 Å². The van der Waals surface area contributed by atoms with Gasteiger partial charge in [0.25, 0.3) is 0 Å². The van der Waals surface area contributed by atoms with Crippen molar-refractivity contribution in [3.8, 4) is 22.7 Å². The molecule has 2 aromatic carbocycles. The Balaban J connectivity index is 2.05. The molecule has 2 nitrogen and oxygen atoms in total. The van der Waals surface area contributed by atoms with E-state index in [2.05, 4.69) is 4.98 Å². The Hall–Kier alpha value is -2.42. The summed E-state index contributed by atoms with van der Waals surface area (Å²) < 4.78 is 18.6. The summed E-state index contributed by atoms with van der Waals surface area (Å²) in [6.45, 7) is 1.86. The lowest BCUT2D eigenvalue weighted by Crippen LogP contribution is -1.82. The first-order valence-corrected chi connectivity index (χ1v) is 6.03. The zero-order valence-electron chi connectivity index (χ0n) is 10.4. The minimum Gasteiger partial charge on any atom is -0.441 e. The minimum atomic E-state index is -0.256. The van der Waals surface area contributed by atoms with E-state index in [9.17, 15) is 4.39 Å². The van der Waals surface area contributed by atoms with Crippen molar-refractivity contribution in [2.45, 2.75) is 6.92 Å². The Bertz CT molecular complexity index is 687. The van der Waals surface area contributed by atoms with Gasteiger partial charge in [0.1, 0.15) is 17.3 Å². The van der Waals surface area contributed by atoms with Gasteiger partial charge < -0.3 is 4.42 Å². The zero-order chi connectivity index (χ0) is 13.2. The van der Waals surface area contributed by atoms with Gasteiger partial charge in [0.15, 0.2) is 0 Å². The molecule has 0 saturated carbocycles. The molecule has 0 aliphatic rings. The Kier molecular flexibility index (Phi) is 2.88. The maximum Gasteiger partial charge on any atom is 0.226 e. The van der Waals surface area contributed by atoms with Gasteiger partial charge >= 0.3 is 0 Å². The molecule has 0 saturated heterocycles. The summed E-state index contributed by atoms with van der Waals surface area (Å²) in [6, 6.07) is 16.0. The normalized spacial score (nSPS) is 10.6. The van der Waals surface area contributed by atoms with Crippen LogP contribution in [-0.4, -0.2) is 4.98 Å². The number of hydrogen-bond acceptors (Lipinski definition) is 2. The van der Waals surface area contributed by atoms with Gasteiger partial charge in [0.05, 0.1) is 0 Å². The van der Waals surface area contributed by atoms with Crippen LogP contribution in [0, 0.1) is 12.7 Å². The number of oxazole rings is 1. The average molecular weight is 253 g/mol. The molecule has 0 spiro atoms. The van der Waals surface area contributed by atoms with Crippen LogP contribution in [0.2, 0.25) is 0 Å². The van der Waals surface area contributed by atoms with Crippen molar-refractivity contribution in [1.82, 2.24) is 4.98 Å². The molecule has 0 aliphatic carbocycles. The van der Waals surface area contributed by atoms with Gasteiger partial charge in [-0.15, -0.1) is 0 Å². The number of aryl methyl sites for hydroxylation is 1. The highest BCUT2D eigenvalue weighted by atomic mass is 19.1. The third-order valence-electron chi connectivity index (χ3n) is 2.93. The molecule has 1 aromatic heterocycles. The molecule has 19 heavy (non-hydrogen) atoms. The molecule has 0 unspecified atom stereocenters. The topological polar surface area (TPSA) is 26.0 Å². The molecule has 0 N–H and O–H groups in total. The third kappa shape index (κ3) is 2.27. The van der Waals surface area contributed by atoms with Gasteiger partial charge in [-0.2, -0.15) is 0 Å². The van der Waals surface area contributed by atoms with E-state index in [1.165, 1.54) is 12.1 Å². The second kappa shape index (κ2) is 4.69. The number of hydrogen-bond donors (Lipinski definition) is 0. The van der Waals surface area contributed by atoms with Crippen molar-refractivity contribution in [3.63, 3.8) is 0 Å². The van der Waals surface area contributed by atoms with Crippen LogP contribution < -0.4 is 0 Å². The minimum absolute atomic E-state index is 0.256. The molecule has 3 aromatic rings. The largest absolute Gasteiger partial charge is 0.441 e. The predicted molar refractivity (Wildman–Crippen MR) is 72.1 cm³/mol. The Morgan fingerprint density at radius 3 is 2.26 bits per heavy atom. The highest BCUT2D eigenvalue weighted by Gasteiger charge is 2.12. The molecule has 0 bridgehead atoms. The molecule has 0 aliphatic heterocycles. The van der Waals surface area contributed by atoms with Gasteiger partial charge in [-0.1, -0.05) is 18.2 Å². The summed E-state index contributed by atoms with van der Waals surface area (Å²) in [4.78, 5) is 4.49. The van der Waals surface area contributed by atoms with Crippen LogP contribution in [0.3, 0.4) is 0 Å². The van der Waals surface area contributed by atoms with Crippen LogP contribution in [-0.2, 0) is 0 Å². The lowest BCUT2D eigenvalue weighted by Gasteiger charge is -1.96. The van der Waals surface area contributed by atoms with Gasteiger partial charge in [0.2, 0.25) is 5.89 Å². The Labute approximate surface area is 110 Å². The number of nitrogens with zero attached hydrogens (tertiary/aromatic N) is 1. The van der Waals surface area contributed by atoms with E-state index in [4.69, 9.17) is 4.42 Å². The van der Waals surface area contributed by atoms with E-state index in [1.807, 2.05) is 37.3 Å². The van der Waals surface area contributed by atoms with Crippen LogP contribution in [0.5, 0.6) is 0 Å². The molecule has 3 rings (SSSR count). The van der Waals surface area contributed by atoms with Gasteiger partial charge in [-0.05, 0) is 43.3 Å². The number of aromatic nitrogens is 1. The van der Waals surface area contributed by atoms with Crippen LogP contribution in [0.15, 0.2) is 59.0 Å². The molecule has 0 fully saturated rings. The molecular weight excluding hydrogens is 241 g/mol. The van der Waals surface area contributed by atoms with Crippen LogP contribution in [0.1, 0.15) is 5.76 Å². The summed E-state index contributed by atoms with van der Waals surface area (Å²) >= 11 is 0. The van der Waals surface area contributed by atoms with E-state index in [0.717, 1.165) is 22.6 Å². The fourth-order valence-corrected chi connectivity index (χ4v) is 1.98. The lowest BCUT2D eigenvalue weighted by molar-refractivity contribution is 0.543. The van der Waals surface area contributed by atoms with Gasteiger partial charge in [0, 0.05) is 11.1 Å². The first-order chi connectivity index (χ1) is 9.24. The molecule has 1 heterocycles. The Morgan fingerprint density at radius 2 is 1.58 bits per heavy atom. The summed E-state index contributed by atoms with van der Waals surface area (Å²) in [6.07, 6.45) is 0. The standard InChI is InChI=1S/C16H12FNO/c1-11-15(12-7-9-14(17)10-8-12)18-16(19-11)13-5-3-2-4-6-13/h2-10H,1H3. The SMILES string of the molecule is Cc1oc(-c2ccccc2)nc1-c1ccc(F)cc1. The summed E-state index contributed by atoms with van der Waals surface area (Å²) in [5, 5.41) is 0. The summed E-state index contributed by atoms with van der Waals surface area (Å²) in [5.41, 5.74) is 2.53. The summed E-state index contributed by atoms with van der Waals surface area (Å²) in [7, 11) is 0. The van der Waals surface area contributed by atoms with E-state index in [-0.39, 0.29) is 5.82 Å². The first-order valence-electron chi connectivity index (χ1n) is 6.03. The first kappa shape index (κ1) is 11.7. The van der Waals surface area contributed by atoms with Crippen LogP contribution >= 0.6 is 0 Å². The second-order valence-electron chi connectivity index (χ2n) is 4.30. The quantitative estimate of drug-likeness (QED) is 0.674. The predicted octanol–water partition coefficient (Wildman–Crippen LogP) is 4.46. The number of rotatable bonds is 2.